The standard InChI is InChI=1S/C19H33NO4.C4H10O2/c1-13-9-19(22-6,24-15(3)14(13)2)10-17(21)20-11-16-7-8-18(4,5)12-23-16;1-6-4-2-3-5/h14-16H,1,7-12H2,2-6H3,(H,20,21);5H,2-4H2,1H3/t14?,15?,16?,19-;/m1./s1. The van der Waals surface area contributed by atoms with Crippen LogP contribution in [0.4, 0.5) is 0 Å². The minimum absolute atomic E-state index is 0.0112. The Morgan fingerprint density at radius 2 is 2.03 bits per heavy atom. The predicted molar refractivity (Wildman–Crippen MR) is 117 cm³/mol. The molecule has 2 heterocycles. The molecule has 0 spiro atoms. The molecule has 3 unspecified atom stereocenters. The number of carbonyl (C=O) groups is 1. The minimum Gasteiger partial charge on any atom is -0.396 e. The normalized spacial score (nSPS) is 30.9. The Labute approximate surface area is 182 Å². The molecule has 2 N–H and O–H groups in total. The number of nitrogens with one attached hydrogen (secondary N) is 1. The topological polar surface area (TPSA) is 86.3 Å². The van der Waals surface area contributed by atoms with E-state index in [4.69, 9.17) is 19.3 Å². The van der Waals surface area contributed by atoms with Gasteiger partial charge in [-0.25, -0.2) is 0 Å². The first kappa shape index (κ1) is 27.0. The number of carbonyl (C=O) groups excluding carboxylic acids is 1. The molecule has 0 radical (unpaired) electrons. The highest BCUT2D eigenvalue weighted by Gasteiger charge is 2.42. The van der Waals surface area contributed by atoms with Gasteiger partial charge in [0.05, 0.1) is 25.2 Å². The molecule has 7 nitrogen and oxygen atoms in total. The van der Waals surface area contributed by atoms with Crippen molar-refractivity contribution in [3.63, 3.8) is 0 Å². The van der Waals surface area contributed by atoms with Crippen molar-refractivity contribution in [2.24, 2.45) is 11.3 Å². The lowest BCUT2D eigenvalue weighted by Gasteiger charge is -2.43. The van der Waals surface area contributed by atoms with Crippen LogP contribution in [0, 0.1) is 11.3 Å². The number of ether oxygens (including phenoxy) is 4. The lowest BCUT2D eigenvalue weighted by Crippen LogP contribution is -2.49. The third-order valence-electron chi connectivity index (χ3n) is 5.93. The zero-order chi connectivity index (χ0) is 22.8. The first-order chi connectivity index (χ1) is 14.1. The molecule has 4 atom stereocenters. The summed E-state index contributed by atoms with van der Waals surface area (Å²) < 4.78 is 22.1. The average Bonchev–Trinajstić information content (AvgIpc) is 2.70. The number of aliphatic hydroxyl groups excluding tert-OH is 1. The zero-order valence-electron chi connectivity index (χ0n) is 19.8. The van der Waals surface area contributed by atoms with E-state index in [-0.39, 0.29) is 42.5 Å². The van der Waals surface area contributed by atoms with E-state index in [1.807, 2.05) is 6.92 Å². The molecular formula is C23H43NO6. The zero-order valence-corrected chi connectivity index (χ0v) is 19.8. The highest BCUT2D eigenvalue weighted by atomic mass is 16.7. The van der Waals surface area contributed by atoms with Crippen molar-refractivity contribution in [2.45, 2.75) is 77.8 Å². The predicted octanol–water partition coefficient (Wildman–Crippen LogP) is 3.06. The van der Waals surface area contributed by atoms with Crippen LogP contribution in [0.2, 0.25) is 0 Å². The first-order valence-electron chi connectivity index (χ1n) is 11.0. The van der Waals surface area contributed by atoms with Crippen molar-refractivity contribution in [1.29, 1.82) is 0 Å². The molecule has 1 amide bonds. The lowest BCUT2D eigenvalue weighted by molar-refractivity contribution is -0.263. The molecule has 30 heavy (non-hydrogen) atoms. The van der Waals surface area contributed by atoms with E-state index in [1.54, 1.807) is 14.2 Å². The van der Waals surface area contributed by atoms with Gasteiger partial charge in [0.1, 0.15) is 0 Å². The quantitative estimate of drug-likeness (QED) is 0.456. The maximum atomic E-state index is 12.4. The molecule has 2 aliphatic rings. The van der Waals surface area contributed by atoms with E-state index in [0.717, 1.165) is 31.4 Å². The van der Waals surface area contributed by atoms with Gasteiger partial charge in [-0.3, -0.25) is 4.79 Å². The van der Waals surface area contributed by atoms with Crippen LogP contribution in [-0.4, -0.2) is 69.6 Å². The van der Waals surface area contributed by atoms with Crippen molar-refractivity contribution in [3.8, 4) is 0 Å². The van der Waals surface area contributed by atoms with E-state index < -0.39 is 5.79 Å². The first-order valence-corrected chi connectivity index (χ1v) is 11.0. The molecule has 2 aliphatic heterocycles. The SMILES string of the molecule is C=C1C[C@@](CC(=O)NCC2CCC(C)(C)CO2)(OC)OC(C)C1C.COCCCO. The number of rotatable bonds is 8. The Bertz CT molecular complexity index is 524. The summed E-state index contributed by atoms with van der Waals surface area (Å²) in [5.74, 6) is -0.696. The van der Waals surface area contributed by atoms with Gasteiger partial charge in [-0.1, -0.05) is 32.9 Å². The van der Waals surface area contributed by atoms with Gasteiger partial charge in [-0.05, 0) is 31.6 Å². The van der Waals surface area contributed by atoms with Crippen molar-refractivity contribution in [2.75, 3.05) is 40.6 Å². The highest BCUT2D eigenvalue weighted by Crippen LogP contribution is 2.38. The van der Waals surface area contributed by atoms with Crippen LogP contribution >= 0.6 is 0 Å². The maximum absolute atomic E-state index is 12.4. The van der Waals surface area contributed by atoms with E-state index in [2.05, 4.69) is 37.4 Å². The van der Waals surface area contributed by atoms with E-state index in [9.17, 15) is 4.79 Å². The van der Waals surface area contributed by atoms with Crippen LogP contribution < -0.4 is 5.32 Å². The molecule has 0 aromatic carbocycles. The van der Waals surface area contributed by atoms with Gasteiger partial charge in [-0.2, -0.15) is 0 Å². The second kappa shape index (κ2) is 12.8. The van der Waals surface area contributed by atoms with Crippen LogP contribution in [0.15, 0.2) is 12.2 Å². The average molecular weight is 430 g/mol. The number of methoxy groups -OCH3 is 2. The van der Waals surface area contributed by atoms with Crippen LogP contribution in [0.1, 0.15) is 59.8 Å². The van der Waals surface area contributed by atoms with Gasteiger partial charge in [0.25, 0.3) is 0 Å². The highest BCUT2D eigenvalue weighted by molar-refractivity contribution is 5.77. The summed E-state index contributed by atoms with van der Waals surface area (Å²) in [6.07, 6.45) is 3.66. The summed E-state index contributed by atoms with van der Waals surface area (Å²) in [6.45, 7) is 14.8. The fraction of sp³-hybridized carbons (Fsp3) is 0.870. The Morgan fingerprint density at radius 3 is 2.50 bits per heavy atom. The van der Waals surface area contributed by atoms with Crippen LogP contribution in [0.5, 0.6) is 0 Å². The molecular weight excluding hydrogens is 386 g/mol. The van der Waals surface area contributed by atoms with E-state index in [0.29, 0.717) is 19.6 Å². The summed E-state index contributed by atoms with van der Waals surface area (Å²) in [4.78, 5) is 12.4. The Balaban J connectivity index is 0.000000656. The van der Waals surface area contributed by atoms with Gasteiger partial charge < -0.3 is 29.4 Å². The number of hydrogen-bond acceptors (Lipinski definition) is 6. The van der Waals surface area contributed by atoms with Gasteiger partial charge in [0, 0.05) is 46.3 Å². The molecule has 0 bridgehead atoms. The summed E-state index contributed by atoms with van der Waals surface area (Å²) >= 11 is 0. The van der Waals surface area contributed by atoms with Crippen molar-refractivity contribution in [3.05, 3.63) is 12.2 Å². The van der Waals surface area contributed by atoms with E-state index in [1.165, 1.54) is 0 Å². The van der Waals surface area contributed by atoms with Crippen LogP contribution in [0.25, 0.3) is 0 Å². The molecule has 176 valence electrons. The fourth-order valence-electron chi connectivity index (χ4n) is 3.57. The maximum Gasteiger partial charge on any atom is 0.225 e. The summed E-state index contributed by atoms with van der Waals surface area (Å²) in [5, 5.41) is 11.1. The molecule has 0 aromatic heterocycles. The Morgan fingerprint density at radius 1 is 1.33 bits per heavy atom. The molecule has 7 heteroatoms. The lowest BCUT2D eigenvalue weighted by atomic mass is 9.85. The van der Waals surface area contributed by atoms with E-state index >= 15 is 0 Å². The second-order valence-electron chi connectivity index (χ2n) is 9.25. The van der Waals surface area contributed by atoms with Gasteiger partial charge in [-0.15, -0.1) is 0 Å². The summed E-state index contributed by atoms with van der Waals surface area (Å²) in [5.41, 5.74) is 1.31. The van der Waals surface area contributed by atoms with Crippen molar-refractivity contribution in [1.82, 2.24) is 5.32 Å². The number of aliphatic hydroxyl groups is 1. The Kier molecular flexibility index (Phi) is 11.5. The third-order valence-corrected chi connectivity index (χ3v) is 5.93. The molecule has 0 saturated carbocycles. The molecule has 2 fully saturated rings. The summed E-state index contributed by atoms with van der Waals surface area (Å²) in [7, 11) is 3.21. The smallest absolute Gasteiger partial charge is 0.225 e. The number of amides is 1. The van der Waals surface area contributed by atoms with Gasteiger partial charge in [0.2, 0.25) is 5.91 Å². The largest absolute Gasteiger partial charge is 0.396 e. The second-order valence-corrected chi connectivity index (χ2v) is 9.25. The molecule has 0 aliphatic carbocycles. The van der Waals surface area contributed by atoms with Crippen LogP contribution in [0.3, 0.4) is 0 Å². The molecule has 0 aromatic rings. The Hall–Kier alpha value is -0.990. The number of hydrogen-bond donors (Lipinski definition) is 2. The van der Waals surface area contributed by atoms with Crippen molar-refractivity contribution < 1.29 is 28.8 Å². The fourth-order valence-corrected chi connectivity index (χ4v) is 3.57. The molecule has 2 rings (SSSR count). The van der Waals surface area contributed by atoms with Crippen LogP contribution in [-0.2, 0) is 23.7 Å². The van der Waals surface area contributed by atoms with Gasteiger partial charge >= 0.3 is 0 Å². The molecule has 2 saturated heterocycles. The monoisotopic (exact) mass is 429 g/mol. The summed E-state index contributed by atoms with van der Waals surface area (Å²) in [6, 6.07) is 0. The third kappa shape index (κ3) is 9.02. The van der Waals surface area contributed by atoms with Gasteiger partial charge in [0.15, 0.2) is 5.79 Å². The van der Waals surface area contributed by atoms with Crippen molar-refractivity contribution >= 4 is 5.91 Å². The minimum atomic E-state index is -0.900.